The normalized spacial score (nSPS) is 17.6. The monoisotopic (exact) mass is 464 g/mol. The number of hydrogen-bond donors (Lipinski definition) is 1. The van der Waals surface area contributed by atoms with Gasteiger partial charge in [-0.05, 0) is 62.7 Å². The molecule has 1 saturated heterocycles. The number of aliphatic hydroxyl groups is 1. The molecule has 7 nitrogen and oxygen atoms in total. The van der Waals surface area contributed by atoms with Gasteiger partial charge in [0.25, 0.3) is 5.78 Å². The SMILES string of the molecule is CCOc1ccc(C2C(=C(O)c3ccc(OC(C)C)cc3)C(=O)C(=O)N2c2nccs2)cc1. The summed E-state index contributed by atoms with van der Waals surface area (Å²) in [4.78, 5) is 31.7. The Morgan fingerprint density at radius 1 is 1.09 bits per heavy atom. The molecule has 0 spiro atoms. The lowest BCUT2D eigenvalue weighted by molar-refractivity contribution is -0.132. The zero-order valence-corrected chi connectivity index (χ0v) is 19.3. The summed E-state index contributed by atoms with van der Waals surface area (Å²) in [5.74, 6) is -0.419. The lowest BCUT2D eigenvalue weighted by Crippen LogP contribution is -2.29. The summed E-state index contributed by atoms with van der Waals surface area (Å²) in [5.41, 5.74) is 1.09. The van der Waals surface area contributed by atoms with Crippen LogP contribution in [0.15, 0.2) is 65.7 Å². The van der Waals surface area contributed by atoms with E-state index in [0.717, 1.165) is 0 Å². The Morgan fingerprint density at radius 3 is 2.33 bits per heavy atom. The van der Waals surface area contributed by atoms with Crippen LogP contribution in [-0.4, -0.2) is 34.5 Å². The number of hydrogen-bond acceptors (Lipinski definition) is 7. The highest BCUT2D eigenvalue weighted by Crippen LogP contribution is 2.43. The van der Waals surface area contributed by atoms with Crippen LogP contribution in [-0.2, 0) is 9.59 Å². The summed E-state index contributed by atoms with van der Waals surface area (Å²) in [6.45, 7) is 6.26. The number of carbonyl (C=O) groups is 2. The number of amides is 1. The first-order valence-electron chi connectivity index (χ1n) is 10.6. The number of benzene rings is 2. The van der Waals surface area contributed by atoms with E-state index in [2.05, 4.69) is 4.98 Å². The summed E-state index contributed by atoms with van der Waals surface area (Å²) in [6, 6.07) is 13.1. The summed E-state index contributed by atoms with van der Waals surface area (Å²) in [7, 11) is 0. The van der Waals surface area contributed by atoms with Crippen LogP contribution in [0.5, 0.6) is 11.5 Å². The molecular formula is C25H24N2O5S. The third-order valence-corrected chi connectivity index (χ3v) is 5.85. The fraction of sp³-hybridized carbons (Fsp3) is 0.240. The molecule has 33 heavy (non-hydrogen) atoms. The Kier molecular flexibility index (Phi) is 6.46. The standard InChI is InChI=1S/C25H24N2O5S/c1-4-31-18-9-5-16(6-10-18)21-20(23(29)24(30)27(21)25-26-13-14-33-25)22(28)17-7-11-19(12-8-17)32-15(2)3/h5-15,21,28H,4H2,1-3H3. The predicted molar refractivity (Wildman–Crippen MR) is 127 cm³/mol. The number of aliphatic hydroxyl groups excluding tert-OH is 1. The molecule has 0 bridgehead atoms. The second-order valence-electron chi connectivity index (χ2n) is 7.68. The van der Waals surface area contributed by atoms with E-state index < -0.39 is 17.7 Å². The van der Waals surface area contributed by atoms with Crippen LogP contribution in [0.1, 0.15) is 37.9 Å². The van der Waals surface area contributed by atoms with Gasteiger partial charge in [0.05, 0.1) is 24.3 Å². The minimum Gasteiger partial charge on any atom is -0.507 e. The number of carbonyl (C=O) groups excluding carboxylic acids is 2. The molecule has 0 aliphatic carbocycles. The van der Waals surface area contributed by atoms with Gasteiger partial charge in [0, 0.05) is 17.1 Å². The number of ketones is 1. The number of Topliss-reactive ketones (excluding diaryl/α,β-unsaturated/α-hetero) is 1. The van der Waals surface area contributed by atoms with Crippen LogP contribution in [0.2, 0.25) is 0 Å². The van der Waals surface area contributed by atoms with E-state index in [0.29, 0.717) is 34.4 Å². The average Bonchev–Trinajstić information content (AvgIpc) is 3.41. The van der Waals surface area contributed by atoms with Crippen LogP contribution in [0, 0.1) is 0 Å². The van der Waals surface area contributed by atoms with Crippen LogP contribution < -0.4 is 14.4 Å². The van der Waals surface area contributed by atoms with Gasteiger partial charge in [0.2, 0.25) is 0 Å². The fourth-order valence-electron chi connectivity index (χ4n) is 3.71. The van der Waals surface area contributed by atoms with Crippen molar-refractivity contribution in [3.63, 3.8) is 0 Å². The fourth-order valence-corrected chi connectivity index (χ4v) is 4.38. The number of thiazole rings is 1. The topological polar surface area (TPSA) is 89.0 Å². The van der Waals surface area contributed by atoms with Crippen molar-refractivity contribution in [1.29, 1.82) is 0 Å². The van der Waals surface area contributed by atoms with E-state index in [1.54, 1.807) is 60.1 Å². The number of ether oxygens (including phenoxy) is 2. The third kappa shape index (κ3) is 4.47. The number of nitrogens with zero attached hydrogens (tertiary/aromatic N) is 2. The maximum Gasteiger partial charge on any atom is 0.301 e. The van der Waals surface area contributed by atoms with E-state index in [9.17, 15) is 14.7 Å². The van der Waals surface area contributed by atoms with E-state index in [4.69, 9.17) is 9.47 Å². The molecule has 0 radical (unpaired) electrons. The molecule has 1 N–H and O–H groups in total. The minimum atomic E-state index is -0.821. The van der Waals surface area contributed by atoms with Gasteiger partial charge in [-0.15, -0.1) is 11.3 Å². The van der Waals surface area contributed by atoms with Crippen LogP contribution in [0.25, 0.3) is 5.76 Å². The molecule has 3 aromatic rings. The van der Waals surface area contributed by atoms with Crippen molar-refractivity contribution >= 4 is 33.9 Å². The molecular weight excluding hydrogens is 440 g/mol. The van der Waals surface area contributed by atoms with E-state index >= 15 is 0 Å². The highest BCUT2D eigenvalue weighted by Gasteiger charge is 2.47. The molecule has 1 aliphatic rings. The van der Waals surface area contributed by atoms with Crippen molar-refractivity contribution in [2.24, 2.45) is 0 Å². The van der Waals surface area contributed by atoms with Crippen molar-refractivity contribution in [2.75, 3.05) is 11.5 Å². The summed E-state index contributed by atoms with van der Waals surface area (Å²) in [6.07, 6.45) is 1.58. The smallest absolute Gasteiger partial charge is 0.301 e. The maximum absolute atomic E-state index is 13.1. The van der Waals surface area contributed by atoms with Crippen molar-refractivity contribution in [1.82, 2.24) is 4.98 Å². The average molecular weight is 465 g/mol. The van der Waals surface area contributed by atoms with Gasteiger partial charge < -0.3 is 14.6 Å². The number of anilines is 1. The molecule has 1 atom stereocenters. The first-order chi connectivity index (χ1) is 15.9. The van der Waals surface area contributed by atoms with Gasteiger partial charge in [0.15, 0.2) is 5.13 Å². The van der Waals surface area contributed by atoms with Gasteiger partial charge in [-0.25, -0.2) is 4.98 Å². The van der Waals surface area contributed by atoms with Gasteiger partial charge >= 0.3 is 5.91 Å². The quantitative estimate of drug-likeness (QED) is 0.302. The Labute approximate surface area is 195 Å². The van der Waals surface area contributed by atoms with Gasteiger partial charge in [-0.2, -0.15) is 0 Å². The van der Waals surface area contributed by atoms with E-state index in [-0.39, 0.29) is 17.4 Å². The second kappa shape index (κ2) is 9.46. The Bertz CT molecular complexity index is 1170. The first kappa shape index (κ1) is 22.5. The molecule has 1 fully saturated rings. The largest absolute Gasteiger partial charge is 0.507 e. The molecule has 2 aromatic carbocycles. The molecule has 1 aliphatic heterocycles. The van der Waals surface area contributed by atoms with E-state index in [1.807, 2.05) is 20.8 Å². The third-order valence-electron chi connectivity index (χ3n) is 5.08. The Balaban J connectivity index is 1.81. The zero-order chi connectivity index (χ0) is 23.5. The van der Waals surface area contributed by atoms with E-state index in [1.165, 1.54) is 16.2 Å². The van der Waals surface area contributed by atoms with Crippen molar-refractivity contribution in [3.8, 4) is 11.5 Å². The van der Waals surface area contributed by atoms with Crippen LogP contribution in [0.3, 0.4) is 0 Å². The van der Waals surface area contributed by atoms with Crippen molar-refractivity contribution in [2.45, 2.75) is 32.9 Å². The molecule has 8 heteroatoms. The van der Waals surface area contributed by atoms with Gasteiger partial charge in [-0.3, -0.25) is 14.5 Å². The second-order valence-corrected chi connectivity index (χ2v) is 8.55. The number of aromatic nitrogens is 1. The van der Waals surface area contributed by atoms with Crippen LogP contribution >= 0.6 is 11.3 Å². The lowest BCUT2D eigenvalue weighted by Gasteiger charge is -2.23. The summed E-state index contributed by atoms with van der Waals surface area (Å²) in [5, 5.41) is 13.3. The molecule has 1 unspecified atom stereocenters. The lowest BCUT2D eigenvalue weighted by atomic mass is 9.95. The summed E-state index contributed by atoms with van der Waals surface area (Å²) < 4.78 is 11.2. The minimum absolute atomic E-state index is 0.00715. The highest BCUT2D eigenvalue weighted by molar-refractivity contribution is 7.14. The molecule has 4 rings (SSSR count). The summed E-state index contributed by atoms with van der Waals surface area (Å²) >= 11 is 1.25. The first-order valence-corrected chi connectivity index (χ1v) is 11.5. The van der Waals surface area contributed by atoms with Crippen molar-refractivity contribution < 1.29 is 24.2 Å². The van der Waals surface area contributed by atoms with Crippen molar-refractivity contribution in [3.05, 3.63) is 76.8 Å². The molecule has 1 amide bonds. The van der Waals surface area contributed by atoms with Gasteiger partial charge in [-0.1, -0.05) is 12.1 Å². The molecule has 170 valence electrons. The molecule has 1 aromatic heterocycles. The molecule has 0 saturated carbocycles. The maximum atomic E-state index is 13.1. The van der Waals surface area contributed by atoms with Crippen LogP contribution in [0.4, 0.5) is 5.13 Å². The molecule has 2 heterocycles. The Morgan fingerprint density at radius 2 is 1.76 bits per heavy atom. The highest BCUT2D eigenvalue weighted by atomic mass is 32.1. The zero-order valence-electron chi connectivity index (χ0n) is 18.5. The Hall–Kier alpha value is -3.65. The predicted octanol–water partition coefficient (Wildman–Crippen LogP) is 4.96. The van der Waals surface area contributed by atoms with Gasteiger partial charge in [0.1, 0.15) is 17.3 Å². The number of rotatable bonds is 7.